The van der Waals surface area contributed by atoms with Crippen LogP contribution in [0.15, 0.2) is 64.1 Å². The zero-order valence-electron chi connectivity index (χ0n) is 17.7. The van der Waals surface area contributed by atoms with E-state index in [9.17, 15) is 9.59 Å². The minimum atomic E-state index is -0.163. The summed E-state index contributed by atoms with van der Waals surface area (Å²) in [6, 6.07) is 14.1. The second-order valence-electron chi connectivity index (χ2n) is 7.63. The average molecular weight is 452 g/mol. The Bertz CT molecular complexity index is 1300. The lowest BCUT2D eigenvalue weighted by Crippen LogP contribution is -2.37. The molecule has 9 heteroatoms. The van der Waals surface area contributed by atoms with E-state index in [4.69, 9.17) is 16.0 Å². The molecular formula is C23H22ClN5O3. The number of benzene rings is 2. The van der Waals surface area contributed by atoms with Crippen LogP contribution in [0.3, 0.4) is 0 Å². The van der Waals surface area contributed by atoms with Crippen molar-refractivity contribution in [2.75, 3.05) is 0 Å². The van der Waals surface area contributed by atoms with Gasteiger partial charge in [0.2, 0.25) is 17.7 Å². The van der Waals surface area contributed by atoms with Gasteiger partial charge in [0.1, 0.15) is 0 Å². The Morgan fingerprint density at radius 3 is 2.62 bits per heavy atom. The molecule has 0 aliphatic rings. The zero-order chi connectivity index (χ0) is 22.7. The number of amides is 1. The molecule has 2 aromatic carbocycles. The summed E-state index contributed by atoms with van der Waals surface area (Å²) in [4.78, 5) is 31.5. The number of rotatable bonds is 7. The second-order valence-corrected chi connectivity index (χ2v) is 8.07. The van der Waals surface area contributed by atoms with Crippen molar-refractivity contribution in [2.24, 2.45) is 0 Å². The second kappa shape index (κ2) is 9.32. The van der Waals surface area contributed by atoms with Gasteiger partial charge in [-0.25, -0.2) is 4.98 Å². The van der Waals surface area contributed by atoms with Crippen LogP contribution < -0.4 is 5.56 Å². The smallest absolute Gasteiger partial charge is 0.261 e. The third-order valence-corrected chi connectivity index (χ3v) is 5.36. The molecule has 8 nitrogen and oxygen atoms in total. The molecule has 0 spiro atoms. The topological polar surface area (TPSA) is 94.1 Å². The van der Waals surface area contributed by atoms with Crippen molar-refractivity contribution in [1.29, 1.82) is 0 Å². The number of hydrogen-bond acceptors (Lipinski definition) is 6. The highest BCUT2D eigenvalue weighted by Crippen LogP contribution is 2.21. The molecule has 1 amide bonds. The van der Waals surface area contributed by atoms with E-state index in [0.29, 0.717) is 27.7 Å². The van der Waals surface area contributed by atoms with Gasteiger partial charge in [0.15, 0.2) is 0 Å². The van der Waals surface area contributed by atoms with Crippen molar-refractivity contribution in [3.05, 3.63) is 76.1 Å². The Morgan fingerprint density at radius 1 is 1.12 bits per heavy atom. The van der Waals surface area contributed by atoms with Gasteiger partial charge in [0, 0.05) is 29.6 Å². The van der Waals surface area contributed by atoms with Crippen molar-refractivity contribution in [1.82, 2.24) is 24.6 Å². The minimum absolute atomic E-state index is 0.0835. The van der Waals surface area contributed by atoms with Crippen molar-refractivity contribution in [3.63, 3.8) is 0 Å². The van der Waals surface area contributed by atoms with Crippen molar-refractivity contribution in [2.45, 2.75) is 39.4 Å². The predicted octanol–water partition coefficient (Wildman–Crippen LogP) is 3.93. The molecule has 2 aromatic heterocycles. The molecule has 164 valence electrons. The molecular weight excluding hydrogens is 430 g/mol. The van der Waals surface area contributed by atoms with Gasteiger partial charge in [-0.2, -0.15) is 0 Å². The number of carbonyl (C=O) groups excluding carboxylic acids is 1. The van der Waals surface area contributed by atoms with Crippen molar-refractivity contribution >= 4 is 28.4 Å². The molecule has 0 unspecified atom stereocenters. The van der Waals surface area contributed by atoms with Crippen LogP contribution in [-0.2, 0) is 17.9 Å². The molecule has 0 saturated carbocycles. The molecule has 4 rings (SSSR count). The molecule has 4 aromatic rings. The summed E-state index contributed by atoms with van der Waals surface area (Å²) in [6.07, 6.45) is 1.63. The number of aryl methyl sites for hydroxylation is 1. The molecule has 32 heavy (non-hydrogen) atoms. The average Bonchev–Trinajstić information content (AvgIpc) is 3.26. The van der Waals surface area contributed by atoms with Crippen LogP contribution in [0, 0.1) is 0 Å². The maximum atomic E-state index is 12.9. The van der Waals surface area contributed by atoms with E-state index in [2.05, 4.69) is 15.2 Å². The highest BCUT2D eigenvalue weighted by molar-refractivity contribution is 6.30. The molecule has 0 fully saturated rings. The summed E-state index contributed by atoms with van der Waals surface area (Å²) in [5, 5.41) is 9.30. The fourth-order valence-electron chi connectivity index (χ4n) is 3.36. The first-order valence-corrected chi connectivity index (χ1v) is 10.6. The largest absolute Gasteiger partial charge is 0.419 e. The van der Waals surface area contributed by atoms with Crippen molar-refractivity contribution in [3.8, 4) is 11.5 Å². The van der Waals surface area contributed by atoms with E-state index >= 15 is 0 Å². The summed E-state index contributed by atoms with van der Waals surface area (Å²) in [5.41, 5.74) is 1.22. The number of nitrogens with zero attached hydrogens (tertiary/aromatic N) is 5. The van der Waals surface area contributed by atoms with Gasteiger partial charge in [-0.05, 0) is 50.2 Å². The standard InChI is InChI=1S/C23H22ClN5O3/c1-15(2)29(13-20-26-27-22(32-20)16-7-9-17(24)10-8-16)21(30)11-12-28-14-25-19-6-4-3-5-18(19)23(28)31/h3-10,14-15H,11-13H2,1-2H3. The number of aromatic nitrogens is 4. The molecule has 0 N–H and O–H groups in total. The van der Waals surface area contributed by atoms with Gasteiger partial charge >= 0.3 is 0 Å². The zero-order valence-corrected chi connectivity index (χ0v) is 18.5. The van der Waals surface area contributed by atoms with E-state index < -0.39 is 0 Å². The summed E-state index contributed by atoms with van der Waals surface area (Å²) < 4.78 is 7.21. The summed E-state index contributed by atoms with van der Waals surface area (Å²) >= 11 is 5.92. The quantitative estimate of drug-likeness (QED) is 0.422. The normalized spacial score (nSPS) is 11.2. The van der Waals surface area contributed by atoms with Crippen LogP contribution in [0.1, 0.15) is 26.2 Å². The van der Waals surface area contributed by atoms with E-state index in [1.54, 1.807) is 47.4 Å². The Kier molecular flexibility index (Phi) is 6.32. The third-order valence-electron chi connectivity index (χ3n) is 5.11. The van der Waals surface area contributed by atoms with Crippen LogP contribution in [0.25, 0.3) is 22.4 Å². The van der Waals surface area contributed by atoms with Gasteiger partial charge in [0.25, 0.3) is 5.56 Å². The third kappa shape index (κ3) is 4.70. The monoisotopic (exact) mass is 451 g/mol. The first-order valence-electron chi connectivity index (χ1n) is 10.2. The molecule has 0 bridgehead atoms. The maximum absolute atomic E-state index is 12.9. The number of halogens is 1. The van der Waals surface area contributed by atoms with Gasteiger partial charge in [-0.3, -0.25) is 14.2 Å². The Labute approximate surface area is 189 Å². The predicted molar refractivity (Wildman–Crippen MR) is 121 cm³/mol. The first kappa shape index (κ1) is 21.7. The fourth-order valence-corrected chi connectivity index (χ4v) is 3.48. The van der Waals surface area contributed by atoms with Gasteiger partial charge < -0.3 is 9.32 Å². The fraction of sp³-hybridized carbons (Fsp3) is 0.261. The molecule has 0 radical (unpaired) electrons. The summed E-state index contributed by atoms with van der Waals surface area (Å²) in [7, 11) is 0. The van der Waals surface area contributed by atoms with Gasteiger partial charge in [-0.1, -0.05) is 23.7 Å². The Morgan fingerprint density at radius 2 is 1.88 bits per heavy atom. The first-order chi connectivity index (χ1) is 15.4. The Hall–Kier alpha value is -3.52. The molecule has 0 atom stereocenters. The van der Waals surface area contributed by atoms with Gasteiger partial charge in [-0.15, -0.1) is 10.2 Å². The van der Waals surface area contributed by atoms with E-state index in [1.807, 2.05) is 19.9 Å². The highest BCUT2D eigenvalue weighted by Gasteiger charge is 2.21. The number of para-hydroxylation sites is 1. The van der Waals surface area contributed by atoms with E-state index in [-0.39, 0.29) is 37.0 Å². The van der Waals surface area contributed by atoms with E-state index in [0.717, 1.165) is 5.56 Å². The van der Waals surface area contributed by atoms with Crippen LogP contribution in [0.4, 0.5) is 0 Å². The van der Waals surface area contributed by atoms with Crippen LogP contribution in [0.2, 0.25) is 5.02 Å². The molecule has 2 heterocycles. The van der Waals surface area contributed by atoms with Crippen LogP contribution >= 0.6 is 11.6 Å². The lowest BCUT2D eigenvalue weighted by atomic mass is 10.2. The highest BCUT2D eigenvalue weighted by atomic mass is 35.5. The van der Waals surface area contributed by atoms with Gasteiger partial charge in [0.05, 0.1) is 23.8 Å². The minimum Gasteiger partial charge on any atom is -0.419 e. The molecule has 0 saturated heterocycles. The maximum Gasteiger partial charge on any atom is 0.261 e. The molecule has 0 aliphatic heterocycles. The number of fused-ring (bicyclic) bond motifs is 1. The SMILES string of the molecule is CC(C)N(Cc1nnc(-c2ccc(Cl)cc2)o1)C(=O)CCn1cnc2ccccc2c1=O. The summed E-state index contributed by atoms with van der Waals surface area (Å²) in [5.74, 6) is 0.578. The number of hydrogen-bond donors (Lipinski definition) is 0. The van der Waals surface area contributed by atoms with Crippen LogP contribution in [-0.4, -0.2) is 36.6 Å². The summed E-state index contributed by atoms with van der Waals surface area (Å²) in [6.45, 7) is 4.25. The lowest BCUT2D eigenvalue weighted by Gasteiger charge is -2.25. The molecule has 0 aliphatic carbocycles. The van der Waals surface area contributed by atoms with Crippen molar-refractivity contribution < 1.29 is 9.21 Å². The number of carbonyl (C=O) groups is 1. The lowest BCUT2D eigenvalue weighted by molar-refractivity contribution is -0.134. The van der Waals surface area contributed by atoms with Crippen LogP contribution in [0.5, 0.6) is 0 Å². The Balaban J connectivity index is 1.45. The van der Waals surface area contributed by atoms with E-state index in [1.165, 1.54) is 10.9 Å².